The van der Waals surface area contributed by atoms with E-state index in [1.54, 1.807) is 0 Å². The molecule has 0 amide bonds. The highest BCUT2D eigenvalue weighted by molar-refractivity contribution is 5.01. The molecular formula is C11H17N. The van der Waals surface area contributed by atoms with Gasteiger partial charge in [-0.2, -0.15) is 0 Å². The molecule has 0 aliphatic heterocycles. The molecule has 2 rings (SSSR count). The molecule has 0 unspecified atom stereocenters. The summed E-state index contributed by atoms with van der Waals surface area (Å²) in [6, 6.07) is 0. The topological polar surface area (TPSA) is 4.36 Å². The van der Waals surface area contributed by atoms with E-state index in [1.807, 2.05) is 0 Å². The van der Waals surface area contributed by atoms with Crippen molar-refractivity contribution in [1.29, 1.82) is 0 Å². The predicted octanol–water partition coefficient (Wildman–Crippen LogP) is 3.26. The van der Waals surface area contributed by atoms with E-state index in [4.69, 9.17) is 6.57 Å². The van der Waals surface area contributed by atoms with E-state index >= 15 is 0 Å². The maximum absolute atomic E-state index is 7.22. The molecule has 2 fully saturated rings. The maximum atomic E-state index is 7.22. The third-order valence-corrected chi connectivity index (χ3v) is 3.12. The van der Waals surface area contributed by atoms with Crippen LogP contribution in [-0.2, 0) is 0 Å². The molecule has 0 spiro atoms. The van der Waals surface area contributed by atoms with Crippen LogP contribution in [0.4, 0.5) is 0 Å². The molecule has 2 saturated carbocycles. The molecule has 0 bridgehead atoms. The highest BCUT2D eigenvalue weighted by Crippen LogP contribution is 2.44. The van der Waals surface area contributed by atoms with E-state index < -0.39 is 0 Å². The highest BCUT2D eigenvalue weighted by atomic mass is 14.8. The Morgan fingerprint density at radius 3 is 1.83 bits per heavy atom. The first-order chi connectivity index (χ1) is 5.72. The van der Waals surface area contributed by atoms with Gasteiger partial charge in [-0.25, -0.2) is 6.57 Å². The molecule has 66 valence electrons. The Bertz CT molecular complexity index is 192. The van der Waals surface area contributed by atoms with E-state index in [0.717, 1.165) is 11.8 Å². The lowest BCUT2D eigenvalue weighted by Crippen LogP contribution is -2.21. The van der Waals surface area contributed by atoms with Crippen molar-refractivity contribution in [1.82, 2.24) is 0 Å². The minimum Gasteiger partial charge on any atom is -0.311 e. The lowest BCUT2D eigenvalue weighted by atomic mass is 9.90. The number of hydrogen-bond acceptors (Lipinski definition) is 0. The molecule has 0 atom stereocenters. The first kappa shape index (κ1) is 8.10. The molecule has 12 heavy (non-hydrogen) atoms. The van der Waals surface area contributed by atoms with Gasteiger partial charge in [0.25, 0.3) is 0 Å². The minimum absolute atomic E-state index is 0.00231. The van der Waals surface area contributed by atoms with E-state index in [2.05, 4.69) is 11.8 Å². The third-order valence-electron chi connectivity index (χ3n) is 3.12. The molecule has 1 heteroatoms. The van der Waals surface area contributed by atoms with E-state index in [1.165, 1.54) is 38.5 Å². The minimum atomic E-state index is 0.00231. The zero-order valence-electron chi connectivity index (χ0n) is 7.84. The fourth-order valence-corrected chi connectivity index (χ4v) is 2.06. The zero-order valence-corrected chi connectivity index (χ0v) is 7.84. The molecule has 0 heterocycles. The normalized spacial score (nSPS) is 23.7. The molecule has 0 aromatic rings. The van der Waals surface area contributed by atoms with Gasteiger partial charge in [0.15, 0.2) is 0 Å². The highest BCUT2D eigenvalue weighted by Gasteiger charge is 2.42. The molecule has 0 saturated heterocycles. The largest absolute Gasteiger partial charge is 0.311 e. The Labute approximate surface area is 75.0 Å². The van der Waals surface area contributed by atoms with E-state index in [0.29, 0.717) is 0 Å². The summed E-state index contributed by atoms with van der Waals surface area (Å²) in [7, 11) is 0. The third kappa shape index (κ3) is 2.00. The van der Waals surface area contributed by atoms with Crippen LogP contribution in [0.3, 0.4) is 0 Å². The van der Waals surface area contributed by atoms with Gasteiger partial charge in [-0.1, -0.05) is 0 Å². The molecule has 1 nitrogen and oxygen atoms in total. The standard InChI is InChI=1S/C11H17N/c1-11(12-2,7-9-3-4-9)8-10-5-6-10/h9-10H,3-8H2,1H3. The Balaban J connectivity index is 1.86. The van der Waals surface area contributed by atoms with Gasteiger partial charge >= 0.3 is 0 Å². The lowest BCUT2D eigenvalue weighted by molar-refractivity contribution is 0.420. The average Bonchev–Trinajstić information content (AvgIpc) is 2.85. The molecule has 0 aromatic heterocycles. The van der Waals surface area contributed by atoms with Crippen molar-refractivity contribution >= 4 is 0 Å². The van der Waals surface area contributed by atoms with Crippen molar-refractivity contribution < 1.29 is 0 Å². The van der Waals surface area contributed by atoms with Crippen molar-refractivity contribution in [3.8, 4) is 0 Å². The molecule has 2 aliphatic carbocycles. The summed E-state index contributed by atoms with van der Waals surface area (Å²) in [5.74, 6) is 1.81. The summed E-state index contributed by atoms with van der Waals surface area (Å²) in [6.07, 6.45) is 7.89. The van der Waals surface area contributed by atoms with Crippen LogP contribution in [0.5, 0.6) is 0 Å². The number of nitrogens with zero attached hydrogens (tertiary/aromatic N) is 1. The van der Waals surface area contributed by atoms with Crippen LogP contribution in [0.2, 0.25) is 0 Å². The van der Waals surface area contributed by atoms with Gasteiger partial charge in [-0.05, 0) is 37.5 Å². The second-order valence-corrected chi connectivity index (χ2v) is 4.90. The first-order valence-corrected chi connectivity index (χ1v) is 5.10. The predicted molar refractivity (Wildman–Crippen MR) is 49.7 cm³/mol. The van der Waals surface area contributed by atoms with E-state index in [-0.39, 0.29) is 5.54 Å². The fourth-order valence-electron chi connectivity index (χ4n) is 2.06. The van der Waals surface area contributed by atoms with Gasteiger partial charge in [0.2, 0.25) is 5.54 Å². The maximum Gasteiger partial charge on any atom is 0.230 e. The summed E-state index contributed by atoms with van der Waals surface area (Å²) in [6.45, 7) is 9.39. The van der Waals surface area contributed by atoms with Gasteiger partial charge in [0, 0.05) is 19.8 Å². The van der Waals surface area contributed by atoms with Crippen LogP contribution in [0.1, 0.15) is 45.4 Å². The van der Waals surface area contributed by atoms with Crippen LogP contribution in [0.15, 0.2) is 0 Å². The Morgan fingerprint density at radius 1 is 1.17 bits per heavy atom. The summed E-state index contributed by atoms with van der Waals surface area (Å²) in [5, 5.41) is 0. The van der Waals surface area contributed by atoms with Crippen LogP contribution in [0.25, 0.3) is 4.85 Å². The van der Waals surface area contributed by atoms with Gasteiger partial charge in [0.05, 0.1) is 0 Å². The summed E-state index contributed by atoms with van der Waals surface area (Å²) >= 11 is 0. The van der Waals surface area contributed by atoms with Gasteiger partial charge in [0.1, 0.15) is 0 Å². The van der Waals surface area contributed by atoms with Crippen molar-refractivity contribution in [3.63, 3.8) is 0 Å². The summed E-state index contributed by atoms with van der Waals surface area (Å²) < 4.78 is 0. The number of rotatable bonds is 4. The first-order valence-electron chi connectivity index (χ1n) is 5.10. The zero-order chi connectivity index (χ0) is 8.60. The quantitative estimate of drug-likeness (QED) is 0.560. The smallest absolute Gasteiger partial charge is 0.230 e. The average molecular weight is 163 g/mol. The second-order valence-electron chi connectivity index (χ2n) is 4.90. The second kappa shape index (κ2) is 2.76. The molecule has 0 aromatic carbocycles. The van der Waals surface area contributed by atoms with Crippen molar-refractivity contribution in [2.75, 3.05) is 0 Å². The van der Waals surface area contributed by atoms with Crippen LogP contribution in [0, 0.1) is 18.4 Å². The molecular weight excluding hydrogens is 146 g/mol. The van der Waals surface area contributed by atoms with Crippen molar-refractivity contribution in [3.05, 3.63) is 11.4 Å². The lowest BCUT2D eigenvalue weighted by Gasteiger charge is -2.15. The summed E-state index contributed by atoms with van der Waals surface area (Å²) in [5.41, 5.74) is 0.00231. The van der Waals surface area contributed by atoms with E-state index in [9.17, 15) is 0 Å². The van der Waals surface area contributed by atoms with Crippen molar-refractivity contribution in [2.24, 2.45) is 11.8 Å². The number of hydrogen-bond donors (Lipinski definition) is 0. The Kier molecular flexibility index (Phi) is 1.87. The summed E-state index contributed by atoms with van der Waals surface area (Å²) in [4.78, 5) is 3.83. The fraction of sp³-hybridized carbons (Fsp3) is 0.909. The SMILES string of the molecule is [C-]#[N+]C(C)(CC1CC1)CC1CC1. The molecule has 2 aliphatic rings. The van der Waals surface area contributed by atoms with Crippen molar-refractivity contribution in [2.45, 2.75) is 51.0 Å². The van der Waals surface area contributed by atoms with Crippen LogP contribution in [-0.4, -0.2) is 5.54 Å². The Hall–Kier alpha value is -0.510. The molecule has 0 N–H and O–H groups in total. The Morgan fingerprint density at radius 2 is 1.58 bits per heavy atom. The molecule has 0 radical (unpaired) electrons. The van der Waals surface area contributed by atoms with Gasteiger partial charge < -0.3 is 4.85 Å². The van der Waals surface area contributed by atoms with Crippen LogP contribution >= 0.6 is 0 Å². The monoisotopic (exact) mass is 163 g/mol. The van der Waals surface area contributed by atoms with Gasteiger partial charge in [-0.3, -0.25) is 0 Å². The van der Waals surface area contributed by atoms with Crippen LogP contribution < -0.4 is 0 Å². The van der Waals surface area contributed by atoms with Gasteiger partial charge in [-0.15, -0.1) is 0 Å².